The van der Waals surface area contributed by atoms with Crippen LogP contribution in [0, 0.1) is 11.3 Å². The van der Waals surface area contributed by atoms with Gasteiger partial charge in [0.1, 0.15) is 5.82 Å². The van der Waals surface area contributed by atoms with Gasteiger partial charge in [-0.1, -0.05) is 0 Å². The van der Waals surface area contributed by atoms with Crippen LogP contribution in [0.3, 0.4) is 0 Å². The van der Waals surface area contributed by atoms with E-state index in [1.807, 2.05) is 6.07 Å². The van der Waals surface area contributed by atoms with Crippen LogP contribution < -0.4 is 4.74 Å². The molecule has 4 nitrogen and oxygen atoms in total. The van der Waals surface area contributed by atoms with E-state index >= 15 is 0 Å². The van der Waals surface area contributed by atoms with E-state index in [4.69, 9.17) is 10.00 Å². The van der Waals surface area contributed by atoms with E-state index in [9.17, 15) is 0 Å². The van der Waals surface area contributed by atoms with Crippen LogP contribution in [0.25, 0.3) is 0 Å². The van der Waals surface area contributed by atoms with Gasteiger partial charge in [-0.15, -0.1) is 0 Å². The fraction of sp³-hybridized carbons (Fsp3) is 0.286. The molecular formula is C7H6BrN3O. The number of nitrogens with zero attached hydrogens (tertiary/aromatic N) is 3. The highest BCUT2D eigenvalue weighted by molar-refractivity contribution is 9.10. The molecule has 62 valence electrons. The SMILES string of the molecule is COc1nc(CC#N)ncc1Br. The van der Waals surface area contributed by atoms with Gasteiger partial charge < -0.3 is 4.74 Å². The molecule has 1 aromatic rings. The number of halogens is 1. The number of hydrogen-bond acceptors (Lipinski definition) is 4. The number of hydrogen-bond donors (Lipinski definition) is 0. The van der Waals surface area contributed by atoms with Crippen LogP contribution in [0.1, 0.15) is 5.82 Å². The molecule has 0 unspecified atom stereocenters. The largest absolute Gasteiger partial charge is 0.480 e. The summed E-state index contributed by atoms with van der Waals surface area (Å²) in [5, 5.41) is 8.37. The Kier molecular flexibility index (Phi) is 3.00. The van der Waals surface area contributed by atoms with E-state index in [-0.39, 0.29) is 6.42 Å². The minimum absolute atomic E-state index is 0.198. The maximum Gasteiger partial charge on any atom is 0.231 e. The summed E-state index contributed by atoms with van der Waals surface area (Å²) in [6, 6.07) is 1.96. The van der Waals surface area contributed by atoms with Crippen molar-refractivity contribution in [1.82, 2.24) is 9.97 Å². The zero-order valence-electron chi connectivity index (χ0n) is 6.41. The summed E-state index contributed by atoms with van der Waals surface area (Å²) in [7, 11) is 1.52. The van der Waals surface area contributed by atoms with E-state index in [0.29, 0.717) is 16.2 Å². The second-order valence-electron chi connectivity index (χ2n) is 1.98. The summed E-state index contributed by atoms with van der Waals surface area (Å²) < 4.78 is 5.61. The fourth-order valence-electron chi connectivity index (χ4n) is 0.685. The van der Waals surface area contributed by atoms with Gasteiger partial charge in [0.05, 0.1) is 24.1 Å². The summed E-state index contributed by atoms with van der Waals surface area (Å²) >= 11 is 3.21. The molecule has 0 amide bonds. The Labute approximate surface area is 78.3 Å². The van der Waals surface area contributed by atoms with Crippen molar-refractivity contribution < 1.29 is 4.74 Å². The molecule has 0 atom stereocenters. The number of nitriles is 1. The van der Waals surface area contributed by atoms with Gasteiger partial charge in [-0.2, -0.15) is 10.2 Å². The van der Waals surface area contributed by atoms with Crippen LogP contribution in [-0.2, 0) is 6.42 Å². The lowest BCUT2D eigenvalue weighted by molar-refractivity contribution is 0.392. The molecule has 0 N–H and O–H groups in total. The molecule has 0 aliphatic rings. The van der Waals surface area contributed by atoms with Gasteiger partial charge in [-0.3, -0.25) is 0 Å². The maximum atomic E-state index is 8.37. The average molecular weight is 228 g/mol. The van der Waals surface area contributed by atoms with Gasteiger partial charge in [0, 0.05) is 6.20 Å². The molecule has 0 spiro atoms. The highest BCUT2D eigenvalue weighted by Crippen LogP contribution is 2.20. The standard InChI is InChI=1S/C7H6BrN3O/c1-12-7-5(8)4-10-6(11-7)2-3-9/h4H,2H2,1H3. The molecule has 1 heterocycles. The van der Waals surface area contributed by atoms with E-state index < -0.39 is 0 Å². The van der Waals surface area contributed by atoms with E-state index in [1.165, 1.54) is 7.11 Å². The molecule has 0 bridgehead atoms. The topological polar surface area (TPSA) is 58.8 Å². The van der Waals surface area contributed by atoms with Gasteiger partial charge in [0.25, 0.3) is 0 Å². The second kappa shape index (κ2) is 4.02. The van der Waals surface area contributed by atoms with Crippen molar-refractivity contribution in [3.8, 4) is 11.9 Å². The van der Waals surface area contributed by atoms with Crippen molar-refractivity contribution in [2.75, 3.05) is 7.11 Å². The first-order valence-electron chi connectivity index (χ1n) is 3.20. The van der Waals surface area contributed by atoms with E-state index in [2.05, 4.69) is 25.9 Å². The zero-order valence-corrected chi connectivity index (χ0v) is 8.00. The molecule has 0 aliphatic heterocycles. The molecule has 0 saturated carbocycles. The lowest BCUT2D eigenvalue weighted by Gasteiger charge is -2.01. The van der Waals surface area contributed by atoms with Gasteiger partial charge in [-0.05, 0) is 15.9 Å². The molecule has 0 aromatic carbocycles. The molecule has 1 aromatic heterocycles. The molecule has 0 radical (unpaired) electrons. The monoisotopic (exact) mass is 227 g/mol. The summed E-state index contributed by atoms with van der Waals surface area (Å²) in [6.45, 7) is 0. The van der Waals surface area contributed by atoms with Crippen LogP contribution in [0.2, 0.25) is 0 Å². The van der Waals surface area contributed by atoms with Crippen molar-refractivity contribution in [1.29, 1.82) is 5.26 Å². The first-order chi connectivity index (χ1) is 5.77. The van der Waals surface area contributed by atoms with Crippen LogP contribution in [-0.4, -0.2) is 17.1 Å². The van der Waals surface area contributed by atoms with Crippen LogP contribution in [0.15, 0.2) is 10.7 Å². The summed E-state index contributed by atoms with van der Waals surface area (Å²) in [5.74, 6) is 0.924. The lowest BCUT2D eigenvalue weighted by Crippen LogP contribution is -1.97. The predicted molar refractivity (Wildman–Crippen MR) is 45.6 cm³/mol. The normalized spacial score (nSPS) is 9.08. The Bertz CT molecular complexity index is 321. The highest BCUT2D eigenvalue weighted by atomic mass is 79.9. The Morgan fingerprint density at radius 2 is 2.50 bits per heavy atom. The Morgan fingerprint density at radius 3 is 3.08 bits per heavy atom. The first-order valence-corrected chi connectivity index (χ1v) is 3.99. The number of ether oxygens (including phenoxy) is 1. The van der Waals surface area contributed by atoms with Crippen molar-refractivity contribution in [3.05, 3.63) is 16.5 Å². The highest BCUT2D eigenvalue weighted by Gasteiger charge is 2.03. The third kappa shape index (κ3) is 1.92. The van der Waals surface area contributed by atoms with Gasteiger partial charge in [0.2, 0.25) is 5.88 Å². The summed E-state index contributed by atoms with van der Waals surface area (Å²) in [4.78, 5) is 7.89. The van der Waals surface area contributed by atoms with Crippen molar-refractivity contribution in [2.45, 2.75) is 6.42 Å². The van der Waals surface area contributed by atoms with Crippen LogP contribution in [0.5, 0.6) is 5.88 Å². The molecular weight excluding hydrogens is 222 g/mol. The Morgan fingerprint density at radius 1 is 1.75 bits per heavy atom. The molecule has 1 rings (SSSR count). The third-order valence-electron chi connectivity index (χ3n) is 1.19. The molecule has 0 aliphatic carbocycles. The quantitative estimate of drug-likeness (QED) is 0.765. The number of methoxy groups -OCH3 is 1. The van der Waals surface area contributed by atoms with E-state index in [1.54, 1.807) is 6.20 Å². The minimum Gasteiger partial charge on any atom is -0.480 e. The Balaban J connectivity index is 2.98. The van der Waals surface area contributed by atoms with Gasteiger partial charge in [-0.25, -0.2) is 4.98 Å². The molecule has 0 saturated heterocycles. The van der Waals surface area contributed by atoms with E-state index in [0.717, 1.165) is 0 Å². The van der Waals surface area contributed by atoms with Crippen LogP contribution >= 0.6 is 15.9 Å². The van der Waals surface area contributed by atoms with Crippen LogP contribution in [0.4, 0.5) is 0 Å². The maximum absolute atomic E-state index is 8.37. The molecule has 12 heavy (non-hydrogen) atoms. The lowest BCUT2D eigenvalue weighted by atomic mass is 10.4. The van der Waals surface area contributed by atoms with Crippen molar-refractivity contribution >= 4 is 15.9 Å². The third-order valence-corrected chi connectivity index (χ3v) is 1.74. The van der Waals surface area contributed by atoms with Gasteiger partial charge in [0.15, 0.2) is 0 Å². The summed E-state index contributed by atoms with van der Waals surface area (Å²) in [6.07, 6.45) is 1.77. The Hall–Kier alpha value is -1.15. The zero-order chi connectivity index (χ0) is 8.97. The smallest absolute Gasteiger partial charge is 0.231 e. The minimum atomic E-state index is 0.198. The first kappa shape index (κ1) is 8.94. The fourth-order valence-corrected chi connectivity index (χ4v) is 1.04. The van der Waals surface area contributed by atoms with Gasteiger partial charge >= 0.3 is 0 Å². The predicted octanol–water partition coefficient (Wildman–Crippen LogP) is 1.31. The number of aromatic nitrogens is 2. The second-order valence-corrected chi connectivity index (χ2v) is 2.83. The molecule has 0 fully saturated rings. The number of rotatable bonds is 2. The summed E-state index contributed by atoms with van der Waals surface area (Å²) in [5.41, 5.74) is 0. The van der Waals surface area contributed by atoms with Crippen molar-refractivity contribution in [2.24, 2.45) is 0 Å². The molecule has 5 heteroatoms. The average Bonchev–Trinajstić information content (AvgIpc) is 2.09. The van der Waals surface area contributed by atoms with Crippen molar-refractivity contribution in [3.63, 3.8) is 0 Å².